The van der Waals surface area contributed by atoms with Crippen LogP contribution in [0.1, 0.15) is 58.0 Å². The molecule has 2 amide bonds. The maximum atomic E-state index is 13.4. The number of hydrogen-bond acceptors (Lipinski definition) is 4. The highest BCUT2D eigenvalue weighted by molar-refractivity contribution is 5.97. The lowest BCUT2D eigenvalue weighted by molar-refractivity contribution is -0.132. The molecule has 1 aliphatic carbocycles. The Morgan fingerprint density at radius 2 is 1.63 bits per heavy atom. The molecule has 2 aromatic heterocycles. The van der Waals surface area contributed by atoms with Gasteiger partial charge in [0.15, 0.2) is 0 Å². The van der Waals surface area contributed by atoms with Gasteiger partial charge in [0.2, 0.25) is 0 Å². The number of benzene rings is 2. The molecule has 1 saturated carbocycles. The van der Waals surface area contributed by atoms with Gasteiger partial charge >= 0.3 is 6.18 Å². The first-order valence-electron chi connectivity index (χ1n) is 13.5. The van der Waals surface area contributed by atoms with Crippen LogP contribution < -0.4 is 15.5 Å². The number of nitrogens with one attached hydrogen (secondary N) is 2. The van der Waals surface area contributed by atoms with Gasteiger partial charge in [0, 0.05) is 42.1 Å². The first-order chi connectivity index (χ1) is 19.4. The number of anilines is 2. The summed E-state index contributed by atoms with van der Waals surface area (Å²) in [6, 6.07) is 14.3. The van der Waals surface area contributed by atoms with Crippen molar-refractivity contribution in [3.05, 3.63) is 83.2 Å². The fourth-order valence-corrected chi connectivity index (χ4v) is 4.91. The maximum absolute atomic E-state index is 13.4. The number of aryl methyl sites for hydroxylation is 2. The largest absolute Gasteiger partial charge is 0.390 e. The molecule has 1 fully saturated rings. The quantitative estimate of drug-likeness (QED) is 0.262. The lowest BCUT2D eigenvalue weighted by atomic mass is 10.00. The monoisotopic (exact) mass is 563 g/mol. The van der Waals surface area contributed by atoms with Crippen LogP contribution in [0.15, 0.2) is 60.9 Å². The van der Waals surface area contributed by atoms with Crippen molar-refractivity contribution in [2.45, 2.75) is 51.7 Å². The number of nitrogens with zero attached hydrogens (tertiary/aromatic N) is 3. The highest BCUT2D eigenvalue weighted by atomic mass is 19.4. The molecule has 0 atom stereocenters. The molecule has 10 heteroatoms. The number of carbonyl (C=O) groups excluding carboxylic acids is 2. The summed E-state index contributed by atoms with van der Waals surface area (Å²) >= 11 is 0. The van der Waals surface area contributed by atoms with Crippen LogP contribution in [0, 0.1) is 13.8 Å². The van der Waals surface area contributed by atoms with Crippen molar-refractivity contribution >= 4 is 29.0 Å². The van der Waals surface area contributed by atoms with Gasteiger partial charge in [-0.25, -0.2) is 4.98 Å². The van der Waals surface area contributed by atoms with Crippen LogP contribution in [-0.2, 0) is 0 Å². The van der Waals surface area contributed by atoms with E-state index < -0.39 is 12.6 Å². The Kier molecular flexibility index (Phi) is 7.27. The molecule has 7 nitrogen and oxygen atoms in total. The molecule has 214 valence electrons. The first kappa shape index (κ1) is 28.2. The second-order valence-electron chi connectivity index (χ2n) is 10.9. The van der Waals surface area contributed by atoms with Gasteiger partial charge in [-0.05, 0) is 92.3 Å². The van der Waals surface area contributed by atoms with Gasteiger partial charge in [-0.2, -0.15) is 13.2 Å². The predicted molar refractivity (Wildman–Crippen MR) is 153 cm³/mol. The van der Waals surface area contributed by atoms with Crippen LogP contribution >= 0.6 is 0 Å². The van der Waals surface area contributed by atoms with E-state index in [4.69, 9.17) is 0 Å². The van der Waals surface area contributed by atoms with E-state index in [0.717, 1.165) is 29.5 Å². The summed E-state index contributed by atoms with van der Waals surface area (Å²) in [5.74, 6) is 0.0962. The molecule has 2 aromatic carbocycles. The van der Waals surface area contributed by atoms with E-state index in [1.807, 2.05) is 44.3 Å². The predicted octanol–water partition coefficient (Wildman–Crippen LogP) is 6.35. The Morgan fingerprint density at radius 3 is 2.27 bits per heavy atom. The van der Waals surface area contributed by atoms with Crippen LogP contribution in [0.25, 0.3) is 16.8 Å². The number of halogens is 3. The molecule has 1 aliphatic rings. The third-order valence-electron chi connectivity index (χ3n) is 7.59. The smallest absolute Gasteiger partial charge is 0.355 e. The molecule has 2 heterocycles. The van der Waals surface area contributed by atoms with Gasteiger partial charge in [-0.15, -0.1) is 0 Å². The van der Waals surface area contributed by atoms with Gasteiger partial charge in [0.1, 0.15) is 11.5 Å². The molecular formula is C31H32F3N5O2. The summed E-state index contributed by atoms with van der Waals surface area (Å²) in [4.78, 5) is 31.0. The van der Waals surface area contributed by atoms with Crippen LogP contribution in [0.3, 0.4) is 0 Å². The summed E-state index contributed by atoms with van der Waals surface area (Å²) in [6.45, 7) is 5.34. The minimum absolute atomic E-state index is 0.0977. The lowest BCUT2D eigenvalue weighted by Crippen LogP contribution is -2.34. The molecule has 2 N–H and O–H groups in total. The zero-order valence-corrected chi connectivity index (χ0v) is 23.4. The van der Waals surface area contributed by atoms with E-state index in [0.29, 0.717) is 33.8 Å². The highest BCUT2D eigenvalue weighted by Crippen LogP contribution is 2.35. The number of amides is 2. The van der Waals surface area contributed by atoms with Crippen LogP contribution in [0.5, 0.6) is 0 Å². The molecule has 41 heavy (non-hydrogen) atoms. The van der Waals surface area contributed by atoms with Crippen molar-refractivity contribution in [1.29, 1.82) is 0 Å². The third-order valence-corrected chi connectivity index (χ3v) is 7.59. The molecule has 0 bridgehead atoms. The Hall–Kier alpha value is -4.34. The summed E-state index contributed by atoms with van der Waals surface area (Å²) in [5, 5.41) is 5.66. The average molecular weight is 564 g/mol. The second kappa shape index (κ2) is 10.6. The number of imidazole rings is 1. The molecule has 0 aliphatic heterocycles. The topological polar surface area (TPSA) is 78.7 Å². The molecule has 0 unspecified atom stereocenters. The zero-order chi connectivity index (χ0) is 29.5. The van der Waals surface area contributed by atoms with Gasteiger partial charge < -0.3 is 15.5 Å². The van der Waals surface area contributed by atoms with Crippen LogP contribution in [-0.4, -0.2) is 46.5 Å². The Morgan fingerprint density at radius 1 is 0.976 bits per heavy atom. The number of alkyl halides is 3. The van der Waals surface area contributed by atoms with Crippen LogP contribution in [0.4, 0.5) is 24.7 Å². The number of aromatic nitrogens is 2. The number of rotatable bonds is 8. The summed E-state index contributed by atoms with van der Waals surface area (Å²) in [5.41, 5.74) is 5.19. The molecule has 5 rings (SSSR count). The average Bonchev–Trinajstić information content (AvgIpc) is 3.50. The van der Waals surface area contributed by atoms with Gasteiger partial charge in [0.05, 0.1) is 12.6 Å². The van der Waals surface area contributed by atoms with E-state index in [1.165, 1.54) is 7.05 Å². The lowest BCUT2D eigenvalue weighted by Gasteiger charge is -2.26. The summed E-state index contributed by atoms with van der Waals surface area (Å²) in [6.07, 6.45) is -0.0540. The van der Waals surface area contributed by atoms with E-state index in [1.54, 1.807) is 46.7 Å². The highest BCUT2D eigenvalue weighted by Gasteiger charge is 2.39. The molecule has 0 radical (unpaired) electrons. The van der Waals surface area contributed by atoms with Crippen molar-refractivity contribution < 1.29 is 22.8 Å². The van der Waals surface area contributed by atoms with E-state index in [-0.39, 0.29) is 23.9 Å². The third kappa shape index (κ3) is 6.06. The number of hydrogen-bond donors (Lipinski definition) is 2. The van der Waals surface area contributed by atoms with E-state index in [2.05, 4.69) is 15.6 Å². The van der Waals surface area contributed by atoms with Crippen molar-refractivity contribution in [2.75, 3.05) is 18.5 Å². The fraction of sp³-hybridized carbons (Fsp3) is 0.323. The Balaban J connectivity index is 1.52. The maximum Gasteiger partial charge on any atom is 0.390 e. The second-order valence-corrected chi connectivity index (χ2v) is 10.9. The zero-order valence-electron chi connectivity index (χ0n) is 23.4. The normalized spacial score (nSPS) is 14.1. The Labute approximate surface area is 236 Å². The minimum Gasteiger partial charge on any atom is -0.355 e. The molecule has 0 spiro atoms. The molecule has 4 aromatic rings. The van der Waals surface area contributed by atoms with Gasteiger partial charge in [-0.1, -0.05) is 12.1 Å². The van der Waals surface area contributed by atoms with E-state index in [9.17, 15) is 22.8 Å². The van der Waals surface area contributed by atoms with Crippen LogP contribution in [0.2, 0.25) is 0 Å². The minimum atomic E-state index is -4.36. The number of carbonyl (C=O) groups is 2. The van der Waals surface area contributed by atoms with Gasteiger partial charge in [-0.3, -0.25) is 14.0 Å². The van der Waals surface area contributed by atoms with Crippen molar-refractivity contribution in [3.8, 4) is 11.1 Å². The summed E-state index contributed by atoms with van der Waals surface area (Å²) in [7, 11) is 1.53. The number of fused-ring (bicyclic) bond motifs is 1. The van der Waals surface area contributed by atoms with Crippen molar-refractivity contribution in [3.63, 3.8) is 0 Å². The number of pyridine rings is 1. The Bertz CT molecular complexity index is 1640. The molecular weight excluding hydrogens is 531 g/mol. The summed E-state index contributed by atoms with van der Waals surface area (Å²) < 4.78 is 41.8. The SMILES string of the molecule is CNC(=O)c1ccc(N(CCC(F)(F)F)c2cnc3ccc(-c4ccc(C(=O)NC5(C)CC5)c(C)c4)cn23)cc1C. The van der Waals surface area contributed by atoms with Crippen molar-refractivity contribution in [2.24, 2.45) is 0 Å². The molecule has 0 saturated heterocycles. The van der Waals surface area contributed by atoms with E-state index >= 15 is 0 Å². The fourth-order valence-electron chi connectivity index (χ4n) is 4.91. The standard InChI is InChI=1S/C31H32F3N5O2/c1-19-15-21(5-8-25(19)29(41)37-30(3)11-12-30)22-6-10-26-36-17-27(39(26)18-22)38(14-13-31(32,33)34)23-7-9-24(20(2)16-23)28(40)35-4/h5-10,15-18H,11-14H2,1-4H3,(H,35,40)(H,37,41). The van der Waals surface area contributed by atoms with Crippen molar-refractivity contribution in [1.82, 2.24) is 20.0 Å². The first-order valence-corrected chi connectivity index (χ1v) is 13.5. The van der Waals surface area contributed by atoms with Gasteiger partial charge in [0.25, 0.3) is 11.8 Å².